The van der Waals surface area contributed by atoms with Gasteiger partial charge in [0.2, 0.25) is 11.8 Å². The van der Waals surface area contributed by atoms with Crippen LogP contribution < -0.4 is 19.1 Å². The van der Waals surface area contributed by atoms with Crippen LogP contribution in [0.3, 0.4) is 0 Å². The summed E-state index contributed by atoms with van der Waals surface area (Å²) in [6.45, 7) is 4.97. The summed E-state index contributed by atoms with van der Waals surface area (Å²) in [5, 5.41) is 2.85. The van der Waals surface area contributed by atoms with Crippen LogP contribution in [-0.4, -0.2) is 64.5 Å². The third-order valence-corrected chi connectivity index (χ3v) is 8.12. The maximum absolute atomic E-state index is 14.0. The SMILES string of the molecule is COc1ccc(OC)c(N(CC(=O)N(CCc2ccccc2)[C@@H](C)C(=O)NC(C)C)S(=O)(=O)c2ccccc2)c1. The number of anilines is 1. The van der Waals surface area contributed by atoms with Gasteiger partial charge in [-0.2, -0.15) is 0 Å². The molecule has 0 aromatic heterocycles. The van der Waals surface area contributed by atoms with E-state index in [1.807, 2.05) is 44.2 Å². The number of benzene rings is 3. The molecule has 0 saturated carbocycles. The van der Waals surface area contributed by atoms with Crippen molar-refractivity contribution in [2.24, 2.45) is 0 Å². The van der Waals surface area contributed by atoms with Crippen LogP contribution in [0, 0.1) is 0 Å². The molecule has 0 saturated heterocycles. The molecule has 3 rings (SSSR count). The number of rotatable bonds is 13. The summed E-state index contributed by atoms with van der Waals surface area (Å²) in [7, 11) is -1.34. The molecule has 0 aliphatic heterocycles. The first-order valence-electron chi connectivity index (χ1n) is 13.0. The Hall–Kier alpha value is -4.05. The zero-order valence-corrected chi connectivity index (χ0v) is 24.4. The Labute approximate surface area is 236 Å². The summed E-state index contributed by atoms with van der Waals surface area (Å²) >= 11 is 0. The lowest BCUT2D eigenvalue weighted by Gasteiger charge is -2.32. The summed E-state index contributed by atoms with van der Waals surface area (Å²) < 4.78 is 39.8. The van der Waals surface area contributed by atoms with Crippen molar-refractivity contribution in [2.45, 2.75) is 44.2 Å². The van der Waals surface area contributed by atoms with Gasteiger partial charge in [0.05, 0.1) is 24.8 Å². The summed E-state index contributed by atoms with van der Waals surface area (Å²) in [5.41, 5.74) is 1.13. The van der Waals surface area contributed by atoms with Gasteiger partial charge in [0.15, 0.2) is 0 Å². The predicted molar refractivity (Wildman–Crippen MR) is 155 cm³/mol. The molecule has 0 heterocycles. The molecule has 1 atom stereocenters. The van der Waals surface area contributed by atoms with Crippen LogP contribution >= 0.6 is 0 Å². The molecule has 0 radical (unpaired) electrons. The molecule has 2 amide bonds. The molecular formula is C30H37N3O6S. The van der Waals surface area contributed by atoms with Crippen molar-refractivity contribution in [1.82, 2.24) is 10.2 Å². The topological polar surface area (TPSA) is 105 Å². The number of hydrogen-bond donors (Lipinski definition) is 1. The average Bonchev–Trinajstić information content (AvgIpc) is 2.96. The Kier molecular flexibility index (Phi) is 10.6. The Morgan fingerprint density at radius 2 is 1.50 bits per heavy atom. The average molecular weight is 568 g/mol. The number of ether oxygens (including phenoxy) is 2. The van der Waals surface area contributed by atoms with E-state index in [0.29, 0.717) is 12.2 Å². The van der Waals surface area contributed by atoms with E-state index in [9.17, 15) is 18.0 Å². The van der Waals surface area contributed by atoms with Gasteiger partial charge in [0.1, 0.15) is 24.1 Å². The second-order valence-electron chi connectivity index (χ2n) is 9.52. The number of hydrogen-bond acceptors (Lipinski definition) is 6. The Bertz CT molecular complexity index is 1380. The van der Waals surface area contributed by atoms with Crippen molar-refractivity contribution in [3.8, 4) is 11.5 Å². The number of amides is 2. The van der Waals surface area contributed by atoms with Crippen molar-refractivity contribution < 1.29 is 27.5 Å². The zero-order chi connectivity index (χ0) is 29.3. The fraction of sp³-hybridized carbons (Fsp3) is 0.333. The van der Waals surface area contributed by atoms with Gasteiger partial charge in [-0.15, -0.1) is 0 Å². The van der Waals surface area contributed by atoms with E-state index < -0.39 is 28.5 Å². The van der Waals surface area contributed by atoms with Crippen molar-refractivity contribution in [3.63, 3.8) is 0 Å². The molecule has 3 aromatic carbocycles. The molecule has 10 heteroatoms. The maximum Gasteiger partial charge on any atom is 0.264 e. The second-order valence-corrected chi connectivity index (χ2v) is 11.4. The predicted octanol–water partition coefficient (Wildman–Crippen LogP) is 3.88. The summed E-state index contributed by atoms with van der Waals surface area (Å²) in [5.74, 6) is -0.226. The first kappa shape index (κ1) is 30.5. The molecule has 3 aromatic rings. The van der Waals surface area contributed by atoms with E-state index in [1.165, 1.54) is 37.3 Å². The molecule has 1 N–H and O–H groups in total. The highest BCUT2D eigenvalue weighted by Crippen LogP contribution is 2.35. The van der Waals surface area contributed by atoms with Crippen LogP contribution in [0.15, 0.2) is 83.8 Å². The number of sulfonamides is 1. The molecule has 0 fully saturated rings. The van der Waals surface area contributed by atoms with Crippen molar-refractivity contribution in [2.75, 3.05) is 31.6 Å². The number of methoxy groups -OCH3 is 2. The molecular weight excluding hydrogens is 530 g/mol. The Balaban J connectivity index is 2.06. The van der Waals surface area contributed by atoms with Crippen molar-refractivity contribution in [3.05, 3.63) is 84.4 Å². The van der Waals surface area contributed by atoms with E-state index in [4.69, 9.17) is 9.47 Å². The second kappa shape index (κ2) is 13.8. The minimum atomic E-state index is -4.22. The Morgan fingerprint density at radius 1 is 0.875 bits per heavy atom. The minimum absolute atomic E-state index is 0.00843. The Morgan fingerprint density at radius 3 is 2.08 bits per heavy atom. The molecule has 0 spiro atoms. The van der Waals surface area contributed by atoms with Crippen LogP contribution in [0.5, 0.6) is 11.5 Å². The molecule has 0 aliphatic carbocycles. The van der Waals surface area contributed by atoms with Crippen LogP contribution in [0.4, 0.5) is 5.69 Å². The standard InChI is InChI=1S/C30H37N3O6S/c1-22(2)31-30(35)23(3)32(19-18-24-12-8-6-9-13-24)29(34)21-33(40(36,37)26-14-10-7-11-15-26)27-20-25(38-4)16-17-28(27)39-5/h6-17,20,22-23H,18-19,21H2,1-5H3,(H,31,35)/t23-/m0/s1. The molecule has 0 aliphatic rings. The summed E-state index contributed by atoms with van der Waals surface area (Å²) in [6, 6.07) is 21.2. The first-order chi connectivity index (χ1) is 19.1. The van der Waals surface area contributed by atoms with Gasteiger partial charge < -0.3 is 19.7 Å². The monoisotopic (exact) mass is 567 g/mol. The van der Waals surface area contributed by atoms with E-state index in [1.54, 1.807) is 37.3 Å². The largest absolute Gasteiger partial charge is 0.497 e. The van der Waals surface area contributed by atoms with Crippen molar-refractivity contribution in [1.29, 1.82) is 0 Å². The number of nitrogens with zero attached hydrogens (tertiary/aromatic N) is 2. The van der Waals surface area contributed by atoms with Crippen LogP contribution in [-0.2, 0) is 26.0 Å². The van der Waals surface area contributed by atoms with E-state index in [0.717, 1.165) is 9.87 Å². The molecule has 214 valence electrons. The van der Waals surface area contributed by atoms with Crippen molar-refractivity contribution >= 4 is 27.5 Å². The number of carbonyl (C=O) groups is 2. The highest BCUT2D eigenvalue weighted by Gasteiger charge is 2.34. The van der Waals surface area contributed by atoms with Gasteiger partial charge in [-0.25, -0.2) is 8.42 Å². The number of carbonyl (C=O) groups excluding carboxylic acids is 2. The van der Waals surface area contributed by atoms with Gasteiger partial charge in [0, 0.05) is 18.7 Å². The third-order valence-electron chi connectivity index (χ3n) is 6.35. The van der Waals surface area contributed by atoms with Crippen LogP contribution in [0.2, 0.25) is 0 Å². The third kappa shape index (κ3) is 7.53. The fourth-order valence-electron chi connectivity index (χ4n) is 4.20. The minimum Gasteiger partial charge on any atom is -0.497 e. The lowest BCUT2D eigenvalue weighted by Crippen LogP contribution is -2.53. The lowest BCUT2D eigenvalue weighted by molar-refractivity contribution is -0.139. The van der Waals surface area contributed by atoms with Gasteiger partial charge in [-0.3, -0.25) is 13.9 Å². The normalized spacial score (nSPS) is 11.9. The highest BCUT2D eigenvalue weighted by molar-refractivity contribution is 7.92. The van der Waals surface area contributed by atoms with Crippen LogP contribution in [0.1, 0.15) is 26.3 Å². The maximum atomic E-state index is 14.0. The van der Waals surface area contributed by atoms with Gasteiger partial charge in [-0.1, -0.05) is 48.5 Å². The molecule has 40 heavy (non-hydrogen) atoms. The van der Waals surface area contributed by atoms with Crippen LogP contribution in [0.25, 0.3) is 0 Å². The van der Waals surface area contributed by atoms with E-state index in [2.05, 4.69) is 5.32 Å². The fourth-order valence-corrected chi connectivity index (χ4v) is 5.64. The summed E-state index contributed by atoms with van der Waals surface area (Å²) in [4.78, 5) is 28.4. The molecule has 0 bridgehead atoms. The van der Waals surface area contributed by atoms with E-state index >= 15 is 0 Å². The lowest BCUT2D eigenvalue weighted by atomic mass is 10.1. The number of nitrogens with one attached hydrogen (secondary N) is 1. The van der Waals surface area contributed by atoms with E-state index in [-0.39, 0.29) is 34.8 Å². The molecule has 9 nitrogen and oxygen atoms in total. The van der Waals surface area contributed by atoms with Gasteiger partial charge in [0.25, 0.3) is 10.0 Å². The first-order valence-corrected chi connectivity index (χ1v) is 14.5. The zero-order valence-electron chi connectivity index (χ0n) is 23.5. The molecule has 0 unspecified atom stereocenters. The van der Waals surface area contributed by atoms with Gasteiger partial charge in [-0.05, 0) is 57.0 Å². The quantitative estimate of drug-likeness (QED) is 0.336. The van der Waals surface area contributed by atoms with Gasteiger partial charge >= 0.3 is 0 Å². The summed E-state index contributed by atoms with van der Waals surface area (Å²) in [6.07, 6.45) is 0.486. The highest BCUT2D eigenvalue weighted by atomic mass is 32.2. The smallest absolute Gasteiger partial charge is 0.264 e.